The third-order valence-corrected chi connectivity index (χ3v) is 9.22. The van der Waals surface area contributed by atoms with Crippen LogP contribution in [0.15, 0.2) is 108 Å². The van der Waals surface area contributed by atoms with Gasteiger partial charge in [0.25, 0.3) is 10.0 Å². The van der Waals surface area contributed by atoms with Crippen LogP contribution in [-0.2, 0) is 32.6 Å². The molecule has 0 radical (unpaired) electrons. The van der Waals surface area contributed by atoms with Gasteiger partial charge in [-0.05, 0) is 80.4 Å². The van der Waals surface area contributed by atoms with Crippen molar-refractivity contribution in [1.29, 1.82) is 0 Å². The third kappa shape index (κ3) is 8.66. The number of carbonyl (C=O) groups is 2. The van der Waals surface area contributed by atoms with E-state index in [0.29, 0.717) is 30.3 Å². The van der Waals surface area contributed by atoms with Crippen LogP contribution in [0.5, 0.6) is 11.5 Å². The van der Waals surface area contributed by atoms with E-state index in [1.54, 1.807) is 55.6 Å². The zero-order valence-corrected chi connectivity index (χ0v) is 27.5. The summed E-state index contributed by atoms with van der Waals surface area (Å²) in [6.07, 6.45) is 0.235. The van der Waals surface area contributed by atoms with Crippen molar-refractivity contribution in [1.82, 2.24) is 10.2 Å². The van der Waals surface area contributed by atoms with Gasteiger partial charge in [0.2, 0.25) is 11.8 Å². The molecule has 2 amide bonds. The minimum absolute atomic E-state index is 0.00763. The van der Waals surface area contributed by atoms with Crippen molar-refractivity contribution in [2.45, 2.75) is 44.7 Å². The van der Waals surface area contributed by atoms with Gasteiger partial charge in [-0.2, -0.15) is 0 Å². The summed E-state index contributed by atoms with van der Waals surface area (Å²) >= 11 is 0. The Balaban J connectivity index is 1.79. The largest absolute Gasteiger partial charge is 0.497 e. The second-order valence-corrected chi connectivity index (χ2v) is 12.6. The van der Waals surface area contributed by atoms with E-state index < -0.39 is 28.5 Å². The number of carbonyl (C=O) groups excluding carboxylic acids is 2. The second kappa shape index (κ2) is 15.9. The Bertz CT molecular complexity index is 1690. The summed E-state index contributed by atoms with van der Waals surface area (Å²) < 4.78 is 40.4. The highest BCUT2D eigenvalue weighted by molar-refractivity contribution is 7.92. The Kier molecular flexibility index (Phi) is 11.8. The van der Waals surface area contributed by atoms with Gasteiger partial charge < -0.3 is 19.7 Å². The summed E-state index contributed by atoms with van der Waals surface area (Å²) in [5.41, 5.74) is 2.85. The predicted molar refractivity (Wildman–Crippen MR) is 179 cm³/mol. The van der Waals surface area contributed by atoms with Crippen molar-refractivity contribution < 1.29 is 27.5 Å². The maximum atomic E-state index is 14.5. The minimum atomic E-state index is -4.22. The molecule has 242 valence electrons. The van der Waals surface area contributed by atoms with Crippen LogP contribution < -0.4 is 19.1 Å². The molecular weight excluding hydrogens is 602 g/mol. The Labute approximate surface area is 271 Å². The van der Waals surface area contributed by atoms with Gasteiger partial charge in [-0.25, -0.2) is 8.42 Å². The Morgan fingerprint density at radius 2 is 1.50 bits per heavy atom. The Morgan fingerprint density at radius 1 is 0.826 bits per heavy atom. The average Bonchev–Trinajstić information content (AvgIpc) is 3.06. The molecule has 46 heavy (non-hydrogen) atoms. The zero-order valence-electron chi connectivity index (χ0n) is 26.7. The molecule has 0 heterocycles. The van der Waals surface area contributed by atoms with Crippen molar-refractivity contribution in [3.8, 4) is 11.5 Å². The maximum Gasteiger partial charge on any atom is 0.264 e. The van der Waals surface area contributed by atoms with Gasteiger partial charge in [-0.3, -0.25) is 13.9 Å². The Morgan fingerprint density at radius 3 is 2.13 bits per heavy atom. The molecule has 0 aliphatic carbocycles. The smallest absolute Gasteiger partial charge is 0.264 e. The molecule has 0 unspecified atom stereocenters. The molecule has 10 heteroatoms. The normalized spacial score (nSPS) is 11.7. The molecule has 4 rings (SSSR count). The summed E-state index contributed by atoms with van der Waals surface area (Å²) in [5, 5.41) is 2.87. The molecule has 0 bridgehead atoms. The number of ether oxygens (including phenoxy) is 2. The predicted octanol–water partition coefficient (Wildman–Crippen LogP) is 5.37. The highest BCUT2D eigenvalue weighted by Gasteiger charge is 2.34. The van der Waals surface area contributed by atoms with Crippen LogP contribution in [-0.4, -0.2) is 58.0 Å². The number of benzene rings is 4. The molecule has 9 nitrogen and oxygen atoms in total. The van der Waals surface area contributed by atoms with Gasteiger partial charge in [-0.15, -0.1) is 0 Å². The number of likely N-dealkylation sites (N-methyl/N-ethyl adjacent to an activating group) is 1. The number of hydrogen-bond donors (Lipinski definition) is 1. The SMILES string of the molecule is CCNC(=O)[C@H](Cc1ccccc1)N(Cc1cccc(OC)c1)C(=O)CN(c1ccc(C)cc1)S(=O)(=O)c1ccc(OCC)cc1. The molecule has 0 aliphatic rings. The standard InChI is InChI=1S/C36H41N3O6S/c1-5-37-36(41)34(24-28-11-8-7-9-12-28)38(25-29-13-10-14-32(23-29)44-4)35(40)26-39(30-17-15-27(3)16-18-30)46(42,43)33-21-19-31(20-22-33)45-6-2/h7-23,34H,5-6,24-26H2,1-4H3,(H,37,41)/t34-/m0/s1. The summed E-state index contributed by atoms with van der Waals surface area (Å²) in [5.74, 6) is 0.264. The molecule has 4 aromatic rings. The summed E-state index contributed by atoms with van der Waals surface area (Å²) in [6, 6.07) is 28.8. The van der Waals surface area contributed by atoms with E-state index in [1.165, 1.54) is 17.0 Å². The van der Waals surface area contributed by atoms with E-state index in [0.717, 1.165) is 21.0 Å². The van der Waals surface area contributed by atoms with Crippen LogP contribution in [0, 0.1) is 6.92 Å². The van der Waals surface area contributed by atoms with Crippen molar-refractivity contribution in [2.24, 2.45) is 0 Å². The molecule has 1 atom stereocenters. The van der Waals surface area contributed by atoms with Crippen LogP contribution in [0.3, 0.4) is 0 Å². The Hall–Kier alpha value is -4.83. The van der Waals surface area contributed by atoms with E-state index in [9.17, 15) is 18.0 Å². The monoisotopic (exact) mass is 643 g/mol. The van der Waals surface area contributed by atoms with Gasteiger partial charge in [0.15, 0.2) is 0 Å². The molecule has 0 saturated heterocycles. The lowest BCUT2D eigenvalue weighted by molar-refractivity contribution is -0.140. The molecular formula is C36H41N3O6S. The van der Waals surface area contributed by atoms with Crippen LogP contribution in [0.2, 0.25) is 0 Å². The van der Waals surface area contributed by atoms with Crippen molar-refractivity contribution in [2.75, 3.05) is 31.1 Å². The topological polar surface area (TPSA) is 105 Å². The number of methoxy groups -OCH3 is 1. The fourth-order valence-electron chi connectivity index (χ4n) is 5.06. The number of rotatable bonds is 15. The number of nitrogens with zero attached hydrogens (tertiary/aromatic N) is 2. The highest BCUT2D eigenvalue weighted by atomic mass is 32.2. The molecule has 0 fully saturated rings. The fourth-order valence-corrected chi connectivity index (χ4v) is 6.47. The molecule has 0 saturated carbocycles. The van der Waals surface area contributed by atoms with E-state index >= 15 is 0 Å². The van der Waals surface area contributed by atoms with E-state index in [4.69, 9.17) is 9.47 Å². The van der Waals surface area contributed by atoms with E-state index in [2.05, 4.69) is 5.32 Å². The highest BCUT2D eigenvalue weighted by Crippen LogP contribution is 2.27. The quantitative estimate of drug-likeness (QED) is 0.187. The lowest BCUT2D eigenvalue weighted by Gasteiger charge is -2.34. The van der Waals surface area contributed by atoms with Crippen molar-refractivity contribution >= 4 is 27.5 Å². The fraction of sp³-hybridized carbons (Fsp3) is 0.278. The number of hydrogen-bond acceptors (Lipinski definition) is 6. The van der Waals surface area contributed by atoms with Crippen molar-refractivity contribution in [3.05, 3.63) is 120 Å². The lowest BCUT2D eigenvalue weighted by Crippen LogP contribution is -2.53. The van der Waals surface area contributed by atoms with Gasteiger partial charge >= 0.3 is 0 Å². The maximum absolute atomic E-state index is 14.5. The molecule has 0 aliphatic heterocycles. The van der Waals surface area contributed by atoms with Crippen LogP contribution in [0.25, 0.3) is 0 Å². The van der Waals surface area contributed by atoms with E-state index in [-0.39, 0.29) is 23.8 Å². The summed E-state index contributed by atoms with van der Waals surface area (Å²) in [4.78, 5) is 29.6. The van der Waals surface area contributed by atoms with Gasteiger partial charge in [0.05, 0.1) is 24.3 Å². The zero-order chi connectivity index (χ0) is 33.1. The number of aryl methyl sites for hydroxylation is 1. The first kappa shape index (κ1) is 34.1. The molecule has 1 N–H and O–H groups in total. The van der Waals surface area contributed by atoms with Crippen LogP contribution in [0.1, 0.15) is 30.5 Å². The first-order valence-electron chi connectivity index (χ1n) is 15.2. The number of anilines is 1. The number of amides is 2. The van der Waals surface area contributed by atoms with Gasteiger partial charge in [-0.1, -0.05) is 60.2 Å². The summed E-state index contributed by atoms with van der Waals surface area (Å²) in [6.45, 7) is 5.88. The first-order valence-corrected chi connectivity index (χ1v) is 16.7. The van der Waals surface area contributed by atoms with E-state index in [1.807, 2.05) is 63.2 Å². The molecule has 0 spiro atoms. The summed E-state index contributed by atoms with van der Waals surface area (Å²) in [7, 11) is -2.66. The van der Waals surface area contributed by atoms with Gasteiger partial charge in [0, 0.05) is 19.5 Å². The van der Waals surface area contributed by atoms with Crippen molar-refractivity contribution in [3.63, 3.8) is 0 Å². The minimum Gasteiger partial charge on any atom is -0.497 e. The first-order chi connectivity index (χ1) is 22.2. The lowest BCUT2D eigenvalue weighted by atomic mass is 10.0. The number of nitrogens with one attached hydrogen (secondary N) is 1. The van der Waals surface area contributed by atoms with Gasteiger partial charge in [0.1, 0.15) is 24.1 Å². The molecule has 4 aromatic carbocycles. The third-order valence-electron chi connectivity index (χ3n) is 7.43. The second-order valence-electron chi connectivity index (χ2n) is 10.7. The molecule has 0 aromatic heterocycles. The average molecular weight is 644 g/mol. The van der Waals surface area contributed by atoms with Crippen LogP contribution >= 0.6 is 0 Å². The number of sulfonamides is 1. The van der Waals surface area contributed by atoms with Crippen LogP contribution in [0.4, 0.5) is 5.69 Å².